The van der Waals surface area contributed by atoms with Gasteiger partial charge in [0.25, 0.3) is 5.91 Å². The third-order valence-corrected chi connectivity index (χ3v) is 6.73. The molecule has 1 amide bonds. The van der Waals surface area contributed by atoms with Crippen molar-refractivity contribution in [3.63, 3.8) is 0 Å². The van der Waals surface area contributed by atoms with E-state index in [9.17, 15) is 18.0 Å². The maximum absolute atomic E-state index is 14.0. The van der Waals surface area contributed by atoms with Gasteiger partial charge >= 0.3 is 6.18 Å². The third kappa shape index (κ3) is 3.87. The lowest BCUT2D eigenvalue weighted by Crippen LogP contribution is -2.37. The molecule has 172 valence electrons. The van der Waals surface area contributed by atoms with Crippen LogP contribution in [0.25, 0.3) is 0 Å². The van der Waals surface area contributed by atoms with E-state index in [1.165, 1.54) is 6.20 Å². The van der Waals surface area contributed by atoms with Gasteiger partial charge < -0.3 is 10.2 Å². The average molecular weight is 454 g/mol. The molecule has 8 heteroatoms. The van der Waals surface area contributed by atoms with Gasteiger partial charge in [-0.15, -0.1) is 0 Å². The first-order valence-electron chi connectivity index (χ1n) is 11.2. The molecular formula is C25H25F3N4O. The van der Waals surface area contributed by atoms with Crippen molar-refractivity contribution in [1.29, 1.82) is 0 Å². The Morgan fingerprint density at radius 2 is 1.82 bits per heavy atom. The number of rotatable bonds is 3. The van der Waals surface area contributed by atoms with E-state index >= 15 is 0 Å². The molecule has 3 atom stereocenters. The van der Waals surface area contributed by atoms with Gasteiger partial charge in [-0.2, -0.15) is 18.3 Å². The number of alkyl halides is 3. The number of halogens is 3. The smallest absolute Gasteiger partial charge is 0.363 e. The zero-order valence-electron chi connectivity index (χ0n) is 18.2. The Morgan fingerprint density at radius 3 is 2.55 bits per heavy atom. The predicted molar refractivity (Wildman–Crippen MR) is 119 cm³/mol. The Balaban J connectivity index is 1.51. The lowest BCUT2D eigenvalue weighted by Gasteiger charge is -2.34. The summed E-state index contributed by atoms with van der Waals surface area (Å²) in [5, 5.41) is 7.21. The fourth-order valence-electron chi connectivity index (χ4n) is 5.07. The molecule has 0 spiro atoms. The molecule has 0 radical (unpaired) electrons. The first-order chi connectivity index (χ1) is 15.8. The molecule has 1 aromatic heterocycles. The molecule has 0 aliphatic carbocycles. The number of aromatic nitrogens is 2. The van der Waals surface area contributed by atoms with Crippen LogP contribution in [0.3, 0.4) is 0 Å². The minimum Gasteiger partial charge on any atom is -0.363 e. The van der Waals surface area contributed by atoms with Crippen molar-refractivity contribution < 1.29 is 18.0 Å². The van der Waals surface area contributed by atoms with Crippen molar-refractivity contribution in [1.82, 2.24) is 14.7 Å². The van der Waals surface area contributed by atoms with Crippen molar-refractivity contribution in [3.05, 3.63) is 83.0 Å². The number of amides is 1. The number of benzene rings is 2. The zero-order chi connectivity index (χ0) is 23.2. The third-order valence-electron chi connectivity index (χ3n) is 6.73. The Labute approximate surface area is 190 Å². The fraction of sp³-hybridized carbons (Fsp3) is 0.360. The topological polar surface area (TPSA) is 50.2 Å². The summed E-state index contributed by atoms with van der Waals surface area (Å²) in [5.41, 5.74) is 3.10. The van der Waals surface area contributed by atoms with Crippen LogP contribution in [0.2, 0.25) is 0 Å². The number of likely N-dealkylation sites (tertiary alicyclic amines) is 1. The number of nitrogens with zero attached hydrogens (tertiary/aromatic N) is 3. The molecule has 1 fully saturated rings. The van der Waals surface area contributed by atoms with Gasteiger partial charge in [-0.3, -0.25) is 4.79 Å². The van der Waals surface area contributed by atoms with E-state index in [1.54, 1.807) is 29.2 Å². The van der Waals surface area contributed by atoms with Gasteiger partial charge in [0.1, 0.15) is 11.4 Å². The van der Waals surface area contributed by atoms with Crippen molar-refractivity contribution in [2.75, 3.05) is 11.9 Å². The zero-order valence-corrected chi connectivity index (χ0v) is 18.2. The molecule has 33 heavy (non-hydrogen) atoms. The molecule has 5 nitrogen and oxygen atoms in total. The summed E-state index contributed by atoms with van der Waals surface area (Å²) in [7, 11) is 0. The standard InChI is InChI=1S/C25H25F3N4O/c1-16-8-5-6-11-18(16)21-12-7-13-31(21)24(33)19-15-29-32-22(25(26,27)28)14-20(30-23(19)32)17-9-3-2-4-10-17/h2-6,8-11,15,20-22,30H,7,12-14H2,1H3. The molecule has 1 N–H and O–H groups in total. The number of carbonyl (C=O) groups is 1. The number of hydrogen-bond donors (Lipinski definition) is 1. The van der Waals surface area contributed by atoms with Crippen LogP contribution in [0.4, 0.5) is 19.0 Å². The maximum atomic E-state index is 14.0. The highest BCUT2D eigenvalue weighted by Gasteiger charge is 2.47. The largest absolute Gasteiger partial charge is 0.410 e. The number of aryl methyl sites for hydroxylation is 1. The summed E-state index contributed by atoms with van der Waals surface area (Å²) in [6.45, 7) is 2.57. The van der Waals surface area contributed by atoms with E-state index < -0.39 is 18.3 Å². The van der Waals surface area contributed by atoms with E-state index in [2.05, 4.69) is 10.4 Å². The van der Waals surface area contributed by atoms with Crippen LogP contribution in [0.15, 0.2) is 60.8 Å². The number of hydrogen-bond acceptors (Lipinski definition) is 3. The molecule has 0 bridgehead atoms. The van der Waals surface area contributed by atoms with E-state index in [-0.39, 0.29) is 29.8 Å². The van der Waals surface area contributed by atoms with E-state index in [4.69, 9.17) is 0 Å². The molecule has 2 aromatic carbocycles. The van der Waals surface area contributed by atoms with Gasteiger partial charge in [0.05, 0.1) is 18.3 Å². The van der Waals surface area contributed by atoms with E-state index in [1.807, 2.05) is 37.3 Å². The predicted octanol–water partition coefficient (Wildman–Crippen LogP) is 5.83. The molecule has 2 aliphatic rings. The second-order valence-electron chi connectivity index (χ2n) is 8.77. The fourth-order valence-corrected chi connectivity index (χ4v) is 5.07. The first-order valence-corrected chi connectivity index (χ1v) is 11.2. The Kier molecular flexibility index (Phi) is 5.38. The van der Waals surface area contributed by atoms with Gasteiger partial charge in [0.2, 0.25) is 0 Å². The average Bonchev–Trinajstić information content (AvgIpc) is 3.46. The first kappa shape index (κ1) is 21.6. The highest BCUT2D eigenvalue weighted by atomic mass is 19.4. The molecular weight excluding hydrogens is 429 g/mol. The SMILES string of the molecule is Cc1ccccc1C1CCCN1C(=O)c1cnn2c1NC(c1ccccc1)CC2C(F)(F)F. The number of nitrogens with one attached hydrogen (secondary N) is 1. The lowest BCUT2D eigenvalue weighted by atomic mass is 9.96. The summed E-state index contributed by atoms with van der Waals surface area (Å²) in [6.07, 6.45) is -1.71. The van der Waals surface area contributed by atoms with Crippen LogP contribution in [0.5, 0.6) is 0 Å². The highest BCUT2D eigenvalue weighted by Crippen LogP contribution is 2.45. The number of fused-ring (bicyclic) bond motifs is 1. The Bertz CT molecular complexity index is 1160. The minimum absolute atomic E-state index is 0.0961. The van der Waals surface area contributed by atoms with Crippen molar-refractivity contribution in [2.45, 2.75) is 50.5 Å². The molecule has 1 saturated heterocycles. The molecule has 3 unspecified atom stereocenters. The maximum Gasteiger partial charge on any atom is 0.410 e. The van der Waals surface area contributed by atoms with E-state index in [0.717, 1.165) is 34.2 Å². The molecule has 3 aromatic rings. The normalized spacial score (nSPS) is 22.7. The summed E-state index contributed by atoms with van der Waals surface area (Å²) >= 11 is 0. The van der Waals surface area contributed by atoms with Crippen LogP contribution in [0, 0.1) is 6.92 Å². The minimum atomic E-state index is -4.48. The summed E-state index contributed by atoms with van der Waals surface area (Å²) in [6, 6.07) is 14.5. The molecule has 5 rings (SSSR count). The van der Waals surface area contributed by atoms with Crippen molar-refractivity contribution >= 4 is 11.7 Å². The second-order valence-corrected chi connectivity index (χ2v) is 8.77. The van der Waals surface area contributed by atoms with Crippen LogP contribution < -0.4 is 5.32 Å². The quantitative estimate of drug-likeness (QED) is 0.542. The van der Waals surface area contributed by atoms with E-state index in [0.29, 0.717) is 6.54 Å². The molecule has 3 heterocycles. The van der Waals surface area contributed by atoms with Crippen molar-refractivity contribution in [3.8, 4) is 0 Å². The van der Waals surface area contributed by atoms with Crippen LogP contribution >= 0.6 is 0 Å². The van der Waals surface area contributed by atoms with Gasteiger partial charge in [-0.05, 0) is 36.5 Å². The van der Waals surface area contributed by atoms with Gasteiger partial charge in [0.15, 0.2) is 6.04 Å². The highest BCUT2D eigenvalue weighted by molar-refractivity contribution is 5.99. The van der Waals surface area contributed by atoms with Crippen LogP contribution in [0.1, 0.15) is 64.4 Å². The van der Waals surface area contributed by atoms with Crippen molar-refractivity contribution in [2.24, 2.45) is 0 Å². The monoisotopic (exact) mass is 454 g/mol. The second kappa shape index (κ2) is 8.24. The summed E-state index contributed by atoms with van der Waals surface area (Å²) in [4.78, 5) is 15.4. The number of carbonyl (C=O) groups excluding carboxylic acids is 1. The summed E-state index contributed by atoms with van der Waals surface area (Å²) < 4.78 is 42.8. The van der Waals surface area contributed by atoms with Gasteiger partial charge in [-0.1, -0.05) is 54.6 Å². The number of anilines is 1. The summed E-state index contributed by atoms with van der Waals surface area (Å²) in [5.74, 6) is -0.151. The lowest BCUT2D eigenvalue weighted by molar-refractivity contribution is -0.173. The van der Waals surface area contributed by atoms with Gasteiger partial charge in [0, 0.05) is 13.0 Å². The van der Waals surface area contributed by atoms with Gasteiger partial charge in [-0.25, -0.2) is 4.68 Å². The van der Waals surface area contributed by atoms with Crippen LogP contribution in [-0.2, 0) is 0 Å². The molecule has 0 saturated carbocycles. The Hall–Kier alpha value is -3.29. The van der Waals surface area contributed by atoms with Crippen LogP contribution in [-0.4, -0.2) is 33.3 Å². The Morgan fingerprint density at radius 1 is 1.09 bits per heavy atom. The molecule has 2 aliphatic heterocycles.